The number of aromatic nitrogens is 2. The number of benzene rings is 2. The molecule has 0 aliphatic carbocycles. The van der Waals surface area contributed by atoms with Gasteiger partial charge in [0, 0.05) is 44.7 Å². The van der Waals surface area contributed by atoms with Crippen LogP contribution in [0.1, 0.15) is 21.6 Å². The monoisotopic (exact) mass is 392 g/mol. The summed E-state index contributed by atoms with van der Waals surface area (Å²) in [5, 5.41) is 17.2. The molecule has 2 N–H and O–H groups in total. The molecule has 2 aromatic carbocycles. The van der Waals surface area contributed by atoms with Gasteiger partial charge in [-0.05, 0) is 26.0 Å². The Morgan fingerprint density at radius 3 is 2.79 bits per heavy atom. The van der Waals surface area contributed by atoms with Crippen molar-refractivity contribution in [3.63, 3.8) is 0 Å². The molecule has 0 aliphatic heterocycles. The molecule has 140 valence electrons. The third-order valence-corrected chi connectivity index (χ3v) is 5.30. The van der Waals surface area contributed by atoms with E-state index in [1.807, 2.05) is 36.6 Å². The summed E-state index contributed by atoms with van der Waals surface area (Å²) < 4.78 is 0. The maximum Gasteiger partial charge on any atom is 0.273 e. The Labute approximate surface area is 164 Å². The van der Waals surface area contributed by atoms with E-state index in [0.29, 0.717) is 10.7 Å². The summed E-state index contributed by atoms with van der Waals surface area (Å²) >= 11 is 1.31. The van der Waals surface area contributed by atoms with Crippen molar-refractivity contribution in [2.75, 3.05) is 5.32 Å². The standard InChI is InChI=1S/C20H16N4O3S/c1-11-7-8-13(9-17(11)24(26)27)19(25)23-20-22-16(10-28-20)18-12(2)21-15-6-4-3-5-14(15)18/h3-10,21H,1-2H3,(H,22,23,25). The van der Waals surface area contributed by atoms with Crippen molar-refractivity contribution in [3.8, 4) is 11.3 Å². The molecule has 28 heavy (non-hydrogen) atoms. The maximum atomic E-state index is 12.5. The summed E-state index contributed by atoms with van der Waals surface area (Å²) in [6, 6.07) is 12.4. The third kappa shape index (κ3) is 3.14. The van der Waals surface area contributed by atoms with Crippen molar-refractivity contribution >= 4 is 39.0 Å². The lowest BCUT2D eigenvalue weighted by molar-refractivity contribution is -0.385. The number of aromatic amines is 1. The number of hydrogen-bond donors (Lipinski definition) is 2. The molecule has 0 saturated carbocycles. The Kier molecular flexibility index (Phi) is 4.40. The molecule has 0 radical (unpaired) electrons. The minimum absolute atomic E-state index is 0.0816. The fraction of sp³-hybridized carbons (Fsp3) is 0.100. The maximum absolute atomic E-state index is 12.5. The number of nitrogens with one attached hydrogen (secondary N) is 2. The number of nitrogens with zero attached hydrogens (tertiary/aromatic N) is 2. The minimum Gasteiger partial charge on any atom is -0.358 e. The smallest absolute Gasteiger partial charge is 0.273 e. The van der Waals surface area contributed by atoms with E-state index >= 15 is 0 Å². The number of nitro groups is 1. The molecule has 4 aromatic rings. The number of carbonyl (C=O) groups is 1. The van der Waals surface area contributed by atoms with Gasteiger partial charge in [-0.2, -0.15) is 0 Å². The molecule has 8 heteroatoms. The van der Waals surface area contributed by atoms with Crippen LogP contribution in [0.3, 0.4) is 0 Å². The lowest BCUT2D eigenvalue weighted by Crippen LogP contribution is -2.12. The number of hydrogen-bond acceptors (Lipinski definition) is 5. The fourth-order valence-corrected chi connectivity index (χ4v) is 3.87. The second-order valence-electron chi connectivity index (χ2n) is 6.42. The van der Waals surface area contributed by atoms with Crippen LogP contribution in [0.2, 0.25) is 0 Å². The van der Waals surface area contributed by atoms with Gasteiger partial charge in [0.05, 0.1) is 10.6 Å². The third-order valence-electron chi connectivity index (χ3n) is 4.54. The van der Waals surface area contributed by atoms with Crippen molar-refractivity contribution < 1.29 is 9.72 Å². The predicted octanol–water partition coefficient (Wildman–Crippen LogP) is 5.07. The number of anilines is 1. The number of nitro benzene ring substituents is 1. The summed E-state index contributed by atoms with van der Waals surface area (Å²) in [5.41, 5.74) is 4.44. The van der Waals surface area contributed by atoms with Crippen LogP contribution in [0.4, 0.5) is 10.8 Å². The number of H-pyrrole nitrogens is 1. The molecule has 7 nitrogen and oxygen atoms in total. The quantitative estimate of drug-likeness (QED) is 0.374. The van der Waals surface area contributed by atoms with Crippen LogP contribution >= 0.6 is 11.3 Å². The van der Waals surface area contributed by atoms with Gasteiger partial charge in [0.25, 0.3) is 11.6 Å². The van der Waals surface area contributed by atoms with E-state index in [2.05, 4.69) is 15.3 Å². The Balaban J connectivity index is 1.62. The van der Waals surface area contributed by atoms with E-state index < -0.39 is 10.8 Å². The van der Waals surface area contributed by atoms with Crippen molar-refractivity contribution in [1.29, 1.82) is 0 Å². The van der Waals surface area contributed by atoms with E-state index in [-0.39, 0.29) is 11.3 Å². The van der Waals surface area contributed by atoms with Gasteiger partial charge >= 0.3 is 0 Å². The van der Waals surface area contributed by atoms with Gasteiger partial charge in [-0.3, -0.25) is 20.2 Å². The number of amides is 1. The topological polar surface area (TPSA) is 101 Å². The van der Waals surface area contributed by atoms with Gasteiger partial charge in [0.15, 0.2) is 5.13 Å². The summed E-state index contributed by atoms with van der Waals surface area (Å²) in [7, 11) is 0. The molecule has 0 bridgehead atoms. The van der Waals surface area contributed by atoms with Crippen LogP contribution in [-0.2, 0) is 0 Å². The van der Waals surface area contributed by atoms with Crippen LogP contribution in [-0.4, -0.2) is 20.8 Å². The van der Waals surface area contributed by atoms with Crippen molar-refractivity contribution in [2.45, 2.75) is 13.8 Å². The van der Waals surface area contributed by atoms with Gasteiger partial charge < -0.3 is 4.98 Å². The number of rotatable bonds is 4. The van der Waals surface area contributed by atoms with Crippen LogP contribution in [0.15, 0.2) is 47.8 Å². The van der Waals surface area contributed by atoms with E-state index in [0.717, 1.165) is 27.9 Å². The second kappa shape index (κ2) is 6.90. The van der Waals surface area contributed by atoms with Crippen LogP contribution in [0.5, 0.6) is 0 Å². The number of para-hydroxylation sites is 1. The molecule has 0 saturated heterocycles. The zero-order valence-electron chi connectivity index (χ0n) is 15.1. The zero-order chi connectivity index (χ0) is 19.8. The zero-order valence-corrected chi connectivity index (χ0v) is 16.0. The molecule has 4 rings (SSSR count). The van der Waals surface area contributed by atoms with Crippen LogP contribution in [0, 0.1) is 24.0 Å². The molecule has 0 atom stereocenters. The molecule has 0 spiro atoms. The Bertz CT molecular complexity index is 1230. The second-order valence-corrected chi connectivity index (χ2v) is 7.28. The molecule has 0 unspecified atom stereocenters. The average Bonchev–Trinajstić information content (AvgIpc) is 3.24. The lowest BCUT2D eigenvalue weighted by Gasteiger charge is -2.03. The van der Waals surface area contributed by atoms with Crippen LogP contribution in [0.25, 0.3) is 22.2 Å². The average molecular weight is 392 g/mol. The highest BCUT2D eigenvalue weighted by Crippen LogP contribution is 2.34. The van der Waals surface area contributed by atoms with Crippen molar-refractivity contribution in [3.05, 3.63) is 74.8 Å². The first-order chi connectivity index (χ1) is 13.4. The van der Waals surface area contributed by atoms with E-state index in [9.17, 15) is 14.9 Å². The molecular weight excluding hydrogens is 376 g/mol. The van der Waals surface area contributed by atoms with Gasteiger partial charge in [-0.1, -0.05) is 24.3 Å². The highest BCUT2D eigenvalue weighted by molar-refractivity contribution is 7.14. The molecule has 2 heterocycles. The first-order valence-corrected chi connectivity index (χ1v) is 9.41. The molecular formula is C20H16N4O3S. The summed E-state index contributed by atoms with van der Waals surface area (Å²) in [6.45, 7) is 3.62. The Hall–Kier alpha value is -3.52. The molecule has 2 aromatic heterocycles. The number of fused-ring (bicyclic) bond motifs is 1. The van der Waals surface area contributed by atoms with Gasteiger partial charge in [0.2, 0.25) is 0 Å². The minimum atomic E-state index is -0.493. The van der Waals surface area contributed by atoms with Crippen LogP contribution < -0.4 is 5.32 Å². The number of carbonyl (C=O) groups excluding carboxylic acids is 1. The SMILES string of the molecule is Cc1ccc(C(=O)Nc2nc(-c3c(C)[nH]c4ccccc34)cs2)cc1[N+](=O)[O-]. The van der Waals surface area contributed by atoms with Crippen molar-refractivity contribution in [1.82, 2.24) is 9.97 Å². The Morgan fingerprint density at radius 2 is 2.00 bits per heavy atom. The van der Waals surface area contributed by atoms with Gasteiger partial charge in [-0.15, -0.1) is 11.3 Å². The predicted molar refractivity (Wildman–Crippen MR) is 110 cm³/mol. The molecule has 1 amide bonds. The number of thiazole rings is 1. The largest absolute Gasteiger partial charge is 0.358 e. The molecule has 0 aliphatic rings. The van der Waals surface area contributed by atoms with E-state index in [1.165, 1.54) is 17.4 Å². The van der Waals surface area contributed by atoms with Gasteiger partial charge in [0.1, 0.15) is 0 Å². The van der Waals surface area contributed by atoms with Crippen molar-refractivity contribution in [2.24, 2.45) is 0 Å². The Morgan fingerprint density at radius 1 is 1.21 bits per heavy atom. The first kappa shape index (κ1) is 17.9. The van der Waals surface area contributed by atoms with Gasteiger partial charge in [-0.25, -0.2) is 4.98 Å². The highest BCUT2D eigenvalue weighted by Gasteiger charge is 2.17. The normalized spacial score (nSPS) is 10.9. The first-order valence-electron chi connectivity index (χ1n) is 8.53. The lowest BCUT2D eigenvalue weighted by atomic mass is 10.1. The summed E-state index contributed by atoms with van der Waals surface area (Å²) in [6.07, 6.45) is 0. The van der Waals surface area contributed by atoms with E-state index in [1.54, 1.807) is 19.1 Å². The fourth-order valence-electron chi connectivity index (χ4n) is 3.17. The highest BCUT2D eigenvalue weighted by atomic mass is 32.1. The summed E-state index contributed by atoms with van der Waals surface area (Å²) in [4.78, 5) is 31.0. The summed E-state index contributed by atoms with van der Waals surface area (Å²) in [5.74, 6) is -0.431. The van der Waals surface area contributed by atoms with E-state index in [4.69, 9.17) is 0 Å². The number of aryl methyl sites for hydroxylation is 2. The molecule has 0 fully saturated rings.